The molecule has 1 aromatic carbocycles. The Kier molecular flexibility index (Phi) is 5.91. The number of rotatable bonds is 9. The average Bonchev–Trinajstić information content (AvgIpc) is 3.24. The Morgan fingerprint density at radius 3 is 2.85 bits per heavy atom. The van der Waals surface area contributed by atoms with E-state index in [0.717, 1.165) is 42.3 Å². The van der Waals surface area contributed by atoms with Crippen LogP contribution >= 0.6 is 15.9 Å². The second-order valence-electron chi connectivity index (χ2n) is 6.16. The summed E-state index contributed by atoms with van der Waals surface area (Å²) in [5, 5.41) is 3.59. The van der Waals surface area contributed by atoms with Gasteiger partial charge in [-0.15, -0.1) is 0 Å². The Morgan fingerprint density at radius 2 is 2.20 bits per heavy atom. The molecule has 1 atom stereocenters. The number of halogens is 1. The Balaban J connectivity index is 1.80. The molecule has 2 nitrogen and oxygen atoms in total. The molecule has 0 spiro atoms. The fourth-order valence-electron chi connectivity index (χ4n) is 2.73. The highest BCUT2D eigenvalue weighted by molar-refractivity contribution is 9.10. The van der Waals surface area contributed by atoms with Crippen LogP contribution < -0.4 is 10.1 Å². The van der Waals surface area contributed by atoms with Crippen LogP contribution in [0.2, 0.25) is 0 Å². The van der Waals surface area contributed by atoms with Gasteiger partial charge in [0.25, 0.3) is 0 Å². The summed E-state index contributed by atoms with van der Waals surface area (Å²) in [4.78, 5) is 0. The van der Waals surface area contributed by atoms with E-state index < -0.39 is 0 Å². The molecular formula is C17H26BrNO. The lowest BCUT2D eigenvalue weighted by atomic mass is 9.81. The standard InChI is InChI=1S/C17H26BrNO/c1-3-10-19-13-17(2,14-7-8-14)9-11-20-16-6-4-5-15(18)12-16/h4-6,12,14,19H,3,7-11,13H2,1-2H3. The molecule has 0 bridgehead atoms. The molecule has 3 heteroatoms. The van der Waals surface area contributed by atoms with Gasteiger partial charge in [-0.05, 0) is 61.8 Å². The molecule has 0 radical (unpaired) electrons. The van der Waals surface area contributed by atoms with Crippen LogP contribution in [0, 0.1) is 11.3 Å². The molecular weight excluding hydrogens is 314 g/mol. The van der Waals surface area contributed by atoms with E-state index >= 15 is 0 Å². The van der Waals surface area contributed by atoms with Gasteiger partial charge in [-0.3, -0.25) is 0 Å². The van der Waals surface area contributed by atoms with E-state index in [1.165, 1.54) is 19.3 Å². The van der Waals surface area contributed by atoms with Gasteiger partial charge < -0.3 is 10.1 Å². The topological polar surface area (TPSA) is 21.3 Å². The van der Waals surface area contributed by atoms with E-state index in [2.05, 4.69) is 35.1 Å². The first kappa shape index (κ1) is 15.8. The summed E-state index contributed by atoms with van der Waals surface area (Å²) >= 11 is 3.48. The molecule has 1 N–H and O–H groups in total. The maximum Gasteiger partial charge on any atom is 0.120 e. The minimum Gasteiger partial charge on any atom is -0.494 e. The van der Waals surface area contributed by atoms with E-state index in [4.69, 9.17) is 4.74 Å². The number of ether oxygens (including phenoxy) is 1. The van der Waals surface area contributed by atoms with Gasteiger partial charge in [0.05, 0.1) is 6.61 Å². The summed E-state index contributed by atoms with van der Waals surface area (Å²) in [6.45, 7) is 7.68. The van der Waals surface area contributed by atoms with Crippen molar-refractivity contribution in [3.8, 4) is 5.75 Å². The largest absolute Gasteiger partial charge is 0.494 e. The van der Waals surface area contributed by atoms with Crippen LogP contribution in [0.5, 0.6) is 5.75 Å². The van der Waals surface area contributed by atoms with Crippen LogP contribution in [0.3, 0.4) is 0 Å². The third-order valence-electron chi connectivity index (χ3n) is 4.26. The third-order valence-corrected chi connectivity index (χ3v) is 4.75. The van der Waals surface area contributed by atoms with Gasteiger partial charge in [0.1, 0.15) is 5.75 Å². The van der Waals surface area contributed by atoms with E-state index in [-0.39, 0.29) is 0 Å². The van der Waals surface area contributed by atoms with Crippen molar-refractivity contribution in [1.82, 2.24) is 5.32 Å². The van der Waals surface area contributed by atoms with Gasteiger partial charge in [0, 0.05) is 11.0 Å². The van der Waals surface area contributed by atoms with Gasteiger partial charge in [-0.1, -0.05) is 35.8 Å². The highest BCUT2D eigenvalue weighted by Crippen LogP contribution is 2.47. The quantitative estimate of drug-likeness (QED) is 0.662. The third kappa shape index (κ3) is 4.78. The molecule has 1 fully saturated rings. The molecule has 0 heterocycles. The first-order chi connectivity index (χ1) is 9.64. The number of hydrogen-bond donors (Lipinski definition) is 1. The van der Waals surface area contributed by atoms with E-state index in [0.29, 0.717) is 5.41 Å². The molecule has 0 saturated heterocycles. The second-order valence-corrected chi connectivity index (χ2v) is 7.08. The monoisotopic (exact) mass is 339 g/mol. The van der Waals surface area contributed by atoms with Crippen LogP contribution in [-0.4, -0.2) is 19.7 Å². The average molecular weight is 340 g/mol. The molecule has 1 aliphatic rings. The van der Waals surface area contributed by atoms with Crippen LogP contribution in [0.1, 0.15) is 39.5 Å². The molecule has 1 aromatic rings. The minimum atomic E-state index is 0.390. The molecule has 112 valence electrons. The zero-order valence-electron chi connectivity index (χ0n) is 12.6. The van der Waals surface area contributed by atoms with Gasteiger partial charge in [-0.2, -0.15) is 0 Å². The van der Waals surface area contributed by atoms with Crippen molar-refractivity contribution in [1.29, 1.82) is 0 Å². The first-order valence-electron chi connectivity index (χ1n) is 7.73. The molecule has 20 heavy (non-hydrogen) atoms. The maximum atomic E-state index is 5.91. The van der Waals surface area contributed by atoms with Crippen LogP contribution in [0.15, 0.2) is 28.7 Å². The van der Waals surface area contributed by atoms with E-state index in [1.807, 2.05) is 24.3 Å². The molecule has 1 saturated carbocycles. The van der Waals surface area contributed by atoms with Gasteiger partial charge in [-0.25, -0.2) is 0 Å². The molecule has 1 unspecified atom stereocenters. The summed E-state index contributed by atoms with van der Waals surface area (Å²) in [5.41, 5.74) is 0.390. The predicted octanol–water partition coefficient (Wildman–Crippen LogP) is 4.63. The lowest BCUT2D eigenvalue weighted by molar-refractivity contribution is 0.180. The lowest BCUT2D eigenvalue weighted by Crippen LogP contribution is -2.35. The molecule has 0 amide bonds. The lowest BCUT2D eigenvalue weighted by Gasteiger charge is -2.30. The zero-order valence-corrected chi connectivity index (χ0v) is 14.2. The Bertz CT molecular complexity index is 419. The van der Waals surface area contributed by atoms with Gasteiger partial charge in [0.2, 0.25) is 0 Å². The Hall–Kier alpha value is -0.540. The predicted molar refractivity (Wildman–Crippen MR) is 88.2 cm³/mol. The molecule has 1 aliphatic carbocycles. The minimum absolute atomic E-state index is 0.390. The second kappa shape index (κ2) is 7.46. The zero-order chi connectivity index (χ0) is 14.4. The van der Waals surface area contributed by atoms with E-state index in [1.54, 1.807) is 0 Å². The smallest absolute Gasteiger partial charge is 0.120 e. The first-order valence-corrected chi connectivity index (χ1v) is 8.52. The van der Waals surface area contributed by atoms with Gasteiger partial charge in [0.15, 0.2) is 0 Å². The molecule has 0 aromatic heterocycles. The Morgan fingerprint density at radius 1 is 1.40 bits per heavy atom. The maximum absolute atomic E-state index is 5.91. The van der Waals surface area contributed by atoms with Crippen LogP contribution in [-0.2, 0) is 0 Å². The van der Waals surface area contributed by atoms with Crippen LogP contribution in [0.25, 0.3) is 0 Å². The normalized spacial score (nSPS) is 17.8. The van der Waals surface area contributed by atoms with Crippen molar-refractivity contribution in [2.24, 2.45) is 11.3 Å². The van der Waals surface area contributed by atoms with Crippen molar-refractivity contribution >= 4 is 15.9 Å². The summed E-state index contributed by atoms with van der Waals surface area (Å²) in [6.07, 6.45) is 5.11. The van der Waals surface area contributed by atoms with Crippen molar-refractivity contribution in [3.05, 3.63) is 28.7 Å². The van der Waals surface area contributed by atoms with Crippen molar-refractivity contribution in [2.75, 3.05) is 19.7 Å². The molecule has 0 aliphatic heterocycles. The number of nitrogens with one attached hydrogen (secondary N) is 1. The number of benzene rings is 1. The van der Waals surface area contributed by atoms with E-state index in [9.17, 15) is 0 Å². The SMILES string of the molecule is CCCNCC(C)(CCOc1cccc(Br)c1)C1CC1. The van der Waals surface area contributed by atoms with Crippen molar-refractivity contribution in [2.45, 2.75) is 39.5 Å². The highest BCUT2D eigenvalue weighted by Gasteiger charge is 2.40. The summed E-state index contributed by atoms with van der Waals surface area (Å²) in [7, 11) is 0. The summed E-state index contributed by atoms with van der Waals surface area (Å²) in [5.74, 6) is 1.84. The Labute approximate surface area is 131 Å². The highest BCUT2D eigenvalue weighted by atomic mass is 79.9. The summed E-state index contributed by atoms with van der Waals surface area (Å²) in [6, 6.07) is 8.09. The van der Waals surface area contributed by atoms with Crippen LogP contribution in [0.4, 0.5) is 0 Å². The summed E-state index contributed by atoms with van der Waals surface area (Å²) < 4.78 is 6.98. The molecule has 2 rings (SSSR count). The van der Waals surface area contributed by atoms with Gasteiger partial charge >= 0.3 is 0 Å². The number of hydrogen-bond acceptors (Lipinski definition) is 2. The fraction of sp³-hybridized carbons (Fsp3) is 0.647. The fourth-order valence-corrected chi connectivity index (χ4v) is 3.10. The van der Waals surface area contributed by atoms with Crippen molar-refractivity contribution < 1.29 is 4.74 Å². The van der Waals surface area contributed by atoms with Crippen molar-refractivity contribution in [3.63, 3.8) is 0 Å².